The fourth-order valence-electron chi connectivity index (χ4n) is 2.75. The van der Waals surface area contributed by atoms with E-state index in [1.54, 1.807) is 6.07 Å². The van der Waals surface area contributed by atoms with Gasteiger partial charge in [0.05, 0.1) is 5.56 Å². The molecule has 0 nitrogen and oxygen atoms in total. The summed E-state index contributed by atoms with van der Waals surface area (Å²) in [4.78, 5) is 0. The maximum atomic E-state index is 13.8. The number of aryl methyl sites for hydroxylation is 3. The summed E-state index contributed by atoms with van der Waals surface area (Å²) in [6.45, 7) is 8.21. The molecule has 27 heavy (non-hydrogen) atoms. The first-order chi connectivity index (χ1) is 12.9. The largest absolute Gasteiger partial charge is 0.206 e. The van der Waals surface area contributed by atoms with Crippen molar-refractivity contribution >= 4 is 0 Å². The molecule has 0 heterocycles. The number of rotatable bonds is 0. The van der Waals surface area contributed by atoms with Gasteiger partial charge in [-0.15, -0.1) is 0 Å². The molecule has 0 amide bonds. The lowest BCUT2D eigenvalue weighted by atomic mass is 10.0. The molecule has 0 radical (unpaired) electrons. The molecular formula is C26H21F. The second kappa shape index (κ2) is 7.94. The average Bonchev–Trinajstić information content (AvgIpc) is 2.64. The Hall–Kier alpha value is -3.29. The Kier molecular flexibility index (Phi) is 5.44. The van der Waals surface area contributed by atoms with Crippen LogP contribution in [0, 0.1) is 57.2 Å². The van der Waals surface area contributed by atoms with Crippen molar-refractivity contribution in [1.29, 1.82) is 0 Å². The summed E-state index contributed by atoms with van der Waals surface area (Å²) in [6.07, 6.45) is 0. The molecule has 132 valence electrons. The van der Waals surface area contributed by atoms with Crippen LogP contribution in [-0.2, 0) is 0 Å². The highest BCUT2D eigenvalue weighted by Crippen LogP contribution is 2.15. The molecule has 0 aliphatic heterocycles. The summed E-state index contributed by atoms with van der Waals surface area (Å²) in [5.41, 5.74) is 7.92. The lowest BCUT2D eigenvalue weighted by Gasteiger charge is -2.04. The summed E-state index contributed by atoms with van der Waals surface area (Å²) in [6, 6.07) is 17.0. The van der Waals surface area contributed by atoms with Crippen LogP contribution in [0.15, 0.2) is 54.6 Å². The Bertz CT molecular complexity index is 1090. The molecule has 0 aliphatic rings. The van der Waals surface area contributed by atoms with Crippen LogP contribution in [-0.4, -0.2) is 0 Å². The van der Waals surface area contributed by atoms with Gasteiger partial charge in [0.15, 0.2) is 0 Å². The van der Waals surface area contributed by atoms with Gasteiger partial charge in [-0.2, -0.15) is 0 Å². The van der Waals surface area contributed by atoms with E-state index in [0.29, 0.717) is 5.56 Å². The highest BCUT2D eigenvalue weighted by atomic mass is 19.1. The van der Waals surface area contributed by atoms with Crippen molar-refractivity contribution in [2.45, 2.75) is 27.7 Å². The summed E-state index contributed by atoms with van der Waals surface area (Å²) in [5, 5.41) is 0. The Morgan fingerprint density at radius 3 is 1.67 bits per heavy atom. The first kappa shape index (κ1) is 18.5. The van der Waals surface area contributed by atoms with Crippen molar-refractivity contribution in [3.8, 4) is 23.7 Å². The Morgan fingerprint density at radius 2 is 1.11 bits per heavy atom. The number of hydrogen-bond acceptors (Lipinski definition) is 0. The van der Waals surface area contributed by atoms with Crippen LogP contribution in [0.3, 0.4) is 0 Å². The molecule has 3 aromatic carbocycles. The second-order valence-electron chi connectivity index (χ2n) is 6.80. The zero-order valence-corrected chi connectivity index (χ0v) is 16.1. The first-order valence-electron chi connectivity index (χ1n) is 8.90. The van der Waals surface area contributed by atoms with Crippen LogP contribution in [0.25, 0.3) is 0 Å². The lowest BCUT2D eigenvalue weighted by molar-refractivity contribution is 0.623. The quantitative estimate of drug-likeness (QED) is 0.445. The third-order valence-corrected chi connectivity index (χ3v) is 4.63. The minimum absolute atomic E-state index is 0.284. The maximum Gasteiger partial charge on any atom is 0.139 e. The van der Waals surface area contributed by atoms with E-state index < -0.39 is 0 Å². The maximum absolute atomic E-state index is 13.8. The minimum atomic E-state index is -0.284. The third kappa shape index (κ3) is 4.66. The smallest absolute Gasteiger partial charge is 0.139 e. The van der Waals surface area contributed by atoms with Gasteiger partial charge >= 0.3 is 0 Å². The van der Waals surface area contributed by atoms with E-state index in [1.165, 1.54) is 22.8 Å². The topological polar surface area (TPSA) is 0 Å². The Labute approximate surface area is 161 Å². The molecule has 0 unspecified atom stereocenters. The highest BCUT2D eigenvalue weighted by Gasteiger charge is 1.99. The standard InChI is InChI=1S/C26H21F/c1-18-5-13-25(26(27)15-18)14-12-23-8-6-22(7-9-23)10-11-24-16-19(2)21(4)20(3)17-24/h5-9,13,15-17H,1-4H3. The van der Waals surface area contributed by atoms with Gasteiger partial charge in [0.1, 0.15) is 5.82 Å². The van der Waals surface area contributed by atoms with E-state index in [1.807, 2.05) is 37.3 Å². The predicted octanol–water partition coefficient (Wildman–Crippen LogP) is 5.86. The average molecular weight is 352 g/mol. The lowest BCUT2D eigenvalue weighted by Crippen LogP contribution is -1.88. The van der Waals surface area contributed by atoms with Gasteiger partial charge in [-0.1, -0.05) is 29.7 Å². The van der Waals surface area contributed by atoms with E-state index in [-0.39, 0.29) is 5.82 Å². The predicted molar refractivity (Wildman–Crippen MR) is 110 cm³/mol. The van der Waals surface area contributed by atoms with Gasteiger partial charge in [0.25, 0.3) is 0 Å². The third-order valence-electron chi connectivity index (χ3n) is 4.63. The normalized spacial score (nSPS) is 9.81. The fourth-order valence-corrected chi connectivity index (χ4v) is 2.75. The van der Waals surface area contributed by atoms with E-state index in [2.05, 4.69) is 56.6 Å². The van der Waals surface area contributed by atoms with Crippen molar-refractivity contribution in [3.05, 3.63) is 105 Å². The van der Waals surface area contributed by atoms with Crippen LogP contribution < -0.4 is 0 Å². The highest BCUT2D eigenvalue weighted by molar-refractivity contribution is 5.50. The van der Waals surface area contributed by atoms with Gasteiger partial charge in [0, 0.05) is 16.7 Å². The van der Waals surface area contributed by atoms with Gasteiger partial charge in [0.2, 0.25) is 0 Å². The van der Waals surface area contributed by atoms with Crippen molar-refractivity contribution in [2.75, 3.05) is 0 Å². The van der Waals surface area contributed by atoms with Gasteiger partial charge in [-0.25, -0.2) is 4.39 Å². The molecule has 0 atom stereocenters. The summed E-state index contributed by atoms with van der Waals surface area (Å²) in [5.74, 6) is 12.0. The monoisotopic (exact) mass is 352 g/mol. The molecule has 3 rings (SSSR count). The fraction of sp³-hybridized carbons (Fsp3) is 0.154. The second-order valence-corrected chi connectivity index (χ2v) is 6.80. The van der Waals surface area contributed by atoms with Crippen LogP contribution in [0.5, 0.6) is 0 Å². The molecule has 0 aliphatic carbocycles. The molecular weight excluding hydrogens is 331 g/mol. The Balaban J connectivity index is 1.78. The molecule has 0 saturated heterocycles. The van der Waals surface area contributed by atoms with Crippen LogP contribution >= 0.6 is 0 Å². The van der Waals surface area contributed by atoms with Crippen molar-refractivity contribution in [3.63, 3.8) is 0 Å². The summed E-state index contributed by atoms with van der Waals surface area (Å²) >= 11 is 0. The first-order valence-corrected chi connectivity index (χ1v) is 8.90. The van der Waals surface area contributed by atoms with Crippen molar-refractivity contribution in [2.24, 2.45) is 0 Å². The zero-order valence-electron chi connectivity index (χ0n) is 16.1. The molecule has 3 aromatic rings. The molecule has 0 saturated carbocycles. The van der Waals surface area contributed by atoms with Gasteiger partial charge in [-0.3, -0.25) is 0 Å². The number of hydrogen-bond donors (Lipinski definition) is 0. The molecule has 0 bridgehead atoms. The SMILES string of the molecule is Cc1ccc(C#Cc2ccc(C#Cc3cc(C)c(C)c(C)c3)cc2)c(F)c1. The minimum Gasteiger partial charge on any atom is -0.206 e. The van der Waals surface area contributed by atoms with Crippen LogP contribution in [0.2, 0.25) is 0 Å². The van der Waals surface area contributed by atoms with Crippen molar-refractivity contribution in [1.82, 2.24) is 0 Å². The number of halogens is 1. The number of benzene rings is 3. The van der Waals surface area contributed by atoms with E-state index >= 15 is 0 Å². The summed E-state index contributed by atoms with van der Waals surface area (Å²) < 4.78 is 13.8. The zero-order chi connectivity index (χ0) is 19.4. The van der Waals surface area contributed by atoms with E-state index in [4.69, 9.17) is 0 Å². The van der Waals surface area contributed by atoms with Gasteiger partial charge < -0.3 is 0 Å². The van der Waals surface area contributed by atoms with Crippen LogP contribution in [0.4, 0.5) is 4.39 Å². The van der Waals surface area contributed by atoms with Crippen LogP contribution in [0.1, 0.15) is 44.5 Å². The molecule has 0 spiro atoms. The molecule has 1 heteroatoms. The van der Waals surface area contributed by atoms with Crippen molar-refractivity contribution < 1.29 is 4.39 Å². The van der Waals surface area contributed by atoms with Gasteiger partial charge in [-0.05, 0) is 98.5 Å². The van der Waals surface area contributed by atoms with E-state index in [9.17, 15) is 4.39 Å². The summed E-state index contributed by atoms with van der Waals surface area (Å²) in [7, 11) is 0. The molecule has 0 aromatic heterocycles. The molecule has 0 fully saturated rings. The van der Waals surface area contributed by atoms with E-state index in [0.717, 1.165) is 22.3 Å². The molecule has 0 N–H and O–H groups in total. The Morgan fingerprint density at radius 1 is 0.593 bits per heavy atom.